The minimum Gasteiger partial charge on any atom is -0.338 e. The maximum atomic E-state index is 11.5. The molecule has 0 saturated heterocycles. The number of carbonyl (C=O) groups is 1. The van der Waals surface area contributed by atoms with Gasteiger partial charge in [-0.3, -0.25) is 4.79 Å². The Bertz CT molecular complexity index is 505. The summed E-state index contributed by atoms with van der Waals surface area (Å²) >= 11 is 0. The average molecular weight is 230 g/mol. The molecule has 4 heteroatoms. The quantitative estimate of drug-likeness (QED) is 0.810. The monoisotopic (exact) mass is 230 g/mol. The van der Waals surface area contributed by atoms with E-state index in [0.717, 1.165) is 5.56 Å². The lowest BCUT2D eigenvalue weighted by molar-refractivity contribution is -0.120. The second kappa shape index (κ2) is 4.91. The van der Waals surface area contributed by atoms with Crippen LogP contribution >= 0.6 is 0 Å². The van der Waals surface area contributed by atoms with Crippen molar-refractivity contribution < 1.29 is 9.32 Å². The van der Waals surface area contributed by atoms with Crippen molar-refractivity contribution in [3.05, 3.63) is 36.2 Å². The molecule has 4 nitrogen and oxygen atoms in total. The Morgan fingerprint density at radius 3 is 2.71 bits per heavy atom. The summed E-state index contributed by atoms with van der Waals surface area (Å²) in [5.74, 6) is 0.685. The van der Waals surface area contributed by atoms with Gasteiger partial charge < -0.3 is 4.52 Å². The van der Waals surface area contributed by atoms with Crippen molar-refractivity contribution >= 4 is 5.78 Å². The fourth-order valence-electron chi connectivity index (χ4n) is 1.56. The van der Waals surface area contributed by atoms with Gasteiger partial charge in [-0.15, -0.1) is 0 Å². The highest BCUT2D eigenvalue weighted by Crippen LogP contribution is 2.20. The van der Waals surface area contributed by atoms with E-state index >= 15 is 0 Å². The second-order valence-corrected chi connectivity index (χ2v) is 3.86. The topological polar surface area (TPSA) is 56.0 Å². The molecule has 1 aromatic heterocycles. The molecule has 0 N–H and O–H groups in total. The Labute approximate surface area is 99.7 Å². The number of aromatic nitrogens is 2. The molecule has 0 amide bonds. The zero-order valence-corrected chi connectivity index (χ0v) is 9.88. The summed E-state index contributed by atoms with van der Waals surface area (Å²) < 4.78 is 5.12. The largest absolute Gasteiger partial charge is 0.338 e. The van der Waals surface area contributed by atoms with E-state index in [1.165, 1.54) is 0 Å². The van der Waals surface area contributed by atoms with Crippen LogP contribution in [0.5, 0.6) is 0 Å². The first kappa shape index (κ1) is 11.5. The molecule has 0 saturated carbocycles. The molecule has 0 aliphatic heterocycles. The molecule has 0 fully saturated rings. The van der Waals surface area contributed by atoms with Gasteiger partial charge in [0.05, 0.1) is 5.92 Å². The molecule has 2 aromatic rings. The molecule has 1 unspecified atom stereocenters. The molecular formula is C13H14N2O2. The summed E-state index contributed by atoms with van der Waals surface area (Å²) in [6, 6.07) is 9.55. The molecule has 0 aliphatic rings. The van der Waals surface area contributed by atoms with Crippen LogP contribution in [0.3, 0.4) is 0 Å². The fourth-order valence-corrected chi connectivity index (χ4v) is 1.56. The molecule has 0 spiro atoms. The molecule has 0 aliphatic carbocycles. The van der Waals surface area contributed by atoms with Gasteiger partial charge in [0.15, 0.2) is 0 Å². The van der Waals surface area contributed by atoms with E-state index in [2.05, 4.69) is 10.1 Å². The number of hydrogen-bond donors (Lipinski definition) is 0. The second-order valence-electron chi connectivity index (χ2n) is 3.86. The fraction of sp³-hybridized carbons (Fsp3) is 0.308. The third-order valence-electron chi connectivity index (χ3n) is 2.68. The third-order valence-corrected chi connectivity index (χ3v) is 2.68. The number of Topliss-reactive ketones (excluding diaryl/α,β-unsaturated/α-hetero) is 1. The average Bonchev–Trinajstić information content (AvgIpc) is 2.87. The first-order valence-electron chi connectivity index (χ1n) is 5.64. The first-order valence-corrected chi connectivity index (χ1v) is 5.64. The number of ketones is 1. The van der Waals surface area contributed by atoms with Gasteiger partial charge in [0.2, 0.25) is 11.7 Å². The van der Waals surface area contributed by atoms with E-state index in [1.54, 1.807) is 6.92 Å². The molecule has 2 rings (SSSR count). The van der Waals surface area contributed by atoms with Gasteiger partial charge in [-0.1, -0.05) is 42.4 Å². The highest BCUT2D eigenvalue weighted by Gasteiger charge is 2.20. The van der Waals surface area contributed by atoms with Gasteiger partial charge >= 0.3 is 0 Å². The Morgan fingerprint density at radius 1 is 1.35 bits per heavy atom. The van der Waals surface area contributed by atoms with E-state index in [0.29, 0.717) is 18.1 Å². The molecule has 1 heterocycles. The zero-order chi connectivity index (χ0) is 12.3. The number of hydrogen-bond acceptors (Lipinski definition) is 4. The highest BCUT2D eigenvalue weighted by molar-refractivity contribution is 5.84. The van der Waals surface area contributed by atoms with Crippen LogP contribution in [-0.4, -0.2) is 15.9 Å². The van der Waals surface area contributed by atoms with Gasteiger partial charge in [0.25, 0.3) is 0 Å². The van der Waals surface area contributed by atoms with Gasteiger partial charge in [-0.2, -0.15) is 4.98 Å². The predicted octanol–water partition coefficient (Wildman–Crippen LogP) is 2.82. The number of benzene rings is 1. The number of carbonyl (C=O) groups excluding carboxylic acids is 1. The Hall–Kier alpha value is -1.97. The van der Waals surface area contributed by atoms with Crippen molar-refractivity contribution in [3.8, 4) is 11.4 Å². The van der Waals surface area contributed by atoms with Crippen molar-refractivity contribution in [1.82, 2.24) is 10.1 Å². The summed E-state index contributed by atoms with van der Waals surface area (Å²) in [6.07, 6.45) is 0.476. The highest BCUT2D eigenvalue weighted by atomic mass is 16.5. The van der Waals surface area contributed by atoms with Gasteiger partial charge in [-0.05, 0) is 6.92 Å². The van der Waals surface area contributed by atoms with E-state index in [-0.39, 0.29) is 11.7 Å². The van der Waals surface area contributed by atoms with Gasteiger partial charge in [0, 0.05) is 12.0 Å². The lowest BCUT2D eigenvalue weighted by atomic mass is 10.1. The van der Waals surface area contributed by atoms with Crippen LogP contribution in [0.25, 0.3) is 11.4 Å². The van der Waals surface area contributed by atoms with Crippen LogP contribution in [-0.2, 0) is 4.79 Å². The van der Waals surface area contributed by atoms with Crippen LogP contribution in [0.1, 0.15) is 32.1 Å². The normalized spacial score (nSPS) is 12.4. The predicted molar refractivity (Wildman–Crippen MR) is 63.4 cm³/mol. The van der Waals surface area contributed by atoms with Crippen LogP contribution < -0.4 is 0 Å². The van der Waals surface area contributed by atoms with Crippen molar-refractivity contribution in [1.29, 1.82) is 0 Å². The minimum absolute atomic E-state index is 0.105. The van der Waals surface area contributed by atoms with Crippen molar-refractivity contribution in [2.24, 2.45) is 0 Å². The van der Waals surface area contributed by atoms with Crippen molar-refractivity contribution in [2.45, 2.75) is 26.2 Å². The maximum absolute atomic E-state index is 11.5. The van der Waals surface area contributed by atoms with Gasteiger partial charge in [-0.25, -0.2) is 0 Å². The summed E-state index contributed by atoms with van der Waals surface area (Å²) in [5, 5.41) is 3.89. The molecule has 88 valence electrons. The smallest absolute Gasteiger partial charge is 0.237 e. The van der Waals surface area contributed by atoms with Crippen LogP contribution in [0.15, 0.2) is 34.9 Å². The van der Waals surface area contributed by atoms with Crippen LogP contribution in [0, 0.1) is 0 Å². The Kier molecular flexibility index (Phi) is 3.32. The zero-order valence-electron chi connectivity index (χ0n) is 9.88. The Morgan fingerprint density at radius 2 is 2.06 bits per heavy atom. The molecule has 0 bridgehead atoms. The van der Waals surface area contributed by atoms with Crippen molar-refractivity contribution in [2.75, 3.05) is 0 Å². The summed E-state index contributed by atoms with van der Waals surface area (Å²) in [4.78, 5) is 15.8. The lowest BCUT2D eigenvalue weighted by Gasteiger charge is -2.01. The summed E-state index contributed by atoms with van der Waals surface area (Å²) in [6.45, 7) is 3.61. The van der Waals surface area contributed by atoms with E-state index in [1.807, 2.05) is 37.3 Å². The van der Waals surface area contributed by atoms with Crippen LogP contribution in [0.4, 0.5) is 0 Å². The van der Waals surface area contributed by atoms with E-state index in [9.17, 15) is 4.79 Å². The molecule has 1 aromatic carbocycles. The minimum atomic E-state index is -0.329. The Balaban J connectivity index is 2.25. The van der Waals surface area contributed by atoms with E-state index < -0.39 is 0 Å². The van der Waals surface area contributed by atoms with Gasteiger partial charge in [0.1, 0.15) is 5.78 Å². The SMILES string of the molecule is CCC(=O)C(C)c1nc(-c2ccccc2)no1. The first-order chi connectivity index (χ1) is 8.22. The van der Waals surface area contributed by atoms with Crippen LogP contribution in [0.2, 0.25) is 0 Å². The standard InChI is InChI=1S/C13H14N2O2/c1-3-11(16)9(2)13-14-12(15-17-13)10-7-5-4-6-8-10/h4-9H,3H2,1-2H3. The summed E-state index contributed by atoms with van der Waals surface area (Å²) in [7, 11) is 0. The molecule has 1 atom stereocenters. The molecular weight excluding hydrogens is 216 g/mol. The van der Waals surface area contributed by atoms with E-state index in [4.69, 9.17) is 4.52 Å². The summed E-state index contributed by atoms with van der Waals surface area (Å²) in [5.41, 5.74) is 0.888. The molecule has 17 heavy (non-hydrogen) atoms. The third kappa shape index (κ3) is 2.41. The number of rotatable bonds is 4. The van der Waals surface area contributed by atoms with Crippen molar-refractivity contribution in [3.63, 3.8) is 0 Å². The number of nitrogens with zero attached hydrogens (tertiary/aromatic N) is 2. The lowest BCUT2D eigenvalue weighted by Crippen LogP contribution is -2.07. The maximum Gasteiger partial charge on any atom is 0.237 e. The molecule has 0 radical (unpaired) electrons.